The fourth-order valence-corrected chi connectivity index (χ4v) is 2.92. The minimum absolute atomic E-state index is 0.919. The van der Waals surface area contributed by atoms with E-state index in [-0.39, 0.29) is 0 Å². The molecular weight excluding hydrogens is 260 g/mol. The van der Waals surface area contributed by atoms with Crippen LogP contribution in [0.2, 0.25) is 0 Å². The Morgan fingerprint density at radius 2 is 1.81 bits per heavy atom. The van der Waals surface area contributed by atoms with Crippen LogP contribution in [0.3, 0.4) is 0 Å². The van der Waals surface area contributed by atoms with Gasteiger partial charge in [-0.3, -0.25) is 0 Å². The summed E-state index contributed by atoms with van der Waals surface area (Å²) in [6, 6.07) is 8.63. The summed E-state index contributed by atoms with van der Waals surface area (Å²) in [7, 11) is 1.92. The molecule has 110 valence electrons. The van der Waals surface area contributed by atoms with E-state index in [0.717, 1.165) is 49.0 Å². The number of hydrogen-bond acceptors (Lipinski definition) is 4. The molecule has 1 aliphatic heterocycles. The number of aromatic nitrogens is 2. The molecule has 0 saturated heterocycles. The highest BCUT2D eigenvalue weighted by atomic mass is 15.2. The van der Waals surface area contributed by atoms with Crippen LogP contribution in [0.15, 0.2) is 24.3 Å². The predicted octanol–water partition coefficient (Wildman–Crippen LogP) is 3.30. The molecule has 0 unspecified atom stereocenters. The van der Waals surface area contributed by atoms with Gasteiger partial charge in [-0.1, -0.05) is 31.2 Å². The number of hydrogen-bond donors (Lipinski definition) is 1. The Morgan fingerprint density at radius 1 is 1.14 bits per heavy atom. The Labute approximate surface area is 126 Å². The van der Waals surface area contributed by atoms with Gasteiger partial charge in [0.1, 0.15) is 17.5 Å². The molecule has 0 radical (unpaired) electrons. The van der Waals surface area contributed by atoms with Crippen molar-refractivity contribution in [1.29, 1.82) is 0 Å². The highest BCUT2D eigenvalue weighted by molar-refractivity contribution is 5.60. The van der Waals surface area contributed by atoms with Crippen molar-refractivity contribution in [2.24, 2.45) is 0 Å². The van der Waals surface area contributed by atoms with Crippen molar-refractivity contribution < 1.29 is 0 Å². The molecule has 2 aromatic rings. The minimum atomic E-state index is 0.919. The fraction of sp³-hybridized carbons (Fsp3) is 0.412. The van der Waals surface area contributed by atoms with Crippen molar-refractivity contribution in [3.8, 4) is 0 Å². The number of rotatable bonds is 4. The summed E-state index contributed by atoms with van der Waals surface area (Å²) >= 11 is 0. The zero-order valence-electron chi connectivity index (χ0n) is 13.0. The van der Waals surface area contributed by atoms with Crippen molar-refractivity contribution in [2.45, 2.75) is 39.8 Å². The van der Waals surface area contributed by atoms with E-state index in [1.165, 1.54) is 11.1 Å². The summed E-state index contributed by atoms with van der Waals surface area (Å²) in [5.41, 5.74) is 3.93. The van der Waals surface area contributed by atoms with E-state index in [9.17, 15) is 0 Å². The van der Waals surface area contributed by atoms with Gasteiger partial charge >= 0.3 is 0 Å². The topological polar surface area (TPSA) is 41.1 Å². The molecule has 1 aromatic carbocycles. The summed E-state index contributed by atoms with van der Waals surface area (Å²) < 4.78 is 0. The van der Waals surface area contributed by atoms with Gasteiger partial charge in [-0.05, 0) is 24.5 Å². The first-order valence-electron chi connectivity index (χ1n) is 7.60. The number of anilines is 2. The van der Waals surface area contributed by atoms with Gasteiger partial charge in [0.15, 0.2) is 0 Å². The molecule has 1 N–H and O–H groups in total. The van der Waals surface area contributed by atoms with Crippen LogP contribution < -0.4 is 10.2 Å². The number of nitrogens with zero attached hydrogens (tertiary/aromatic N) is 3. The monoisotopic (exact) mass is 282 g/mol. The van der Waals surface area contributed by atoms with E-state index in [1.807, 2.05) is 7.05 Å². The molecule has 1 aromatic heterocycles. The standard InChI is InChI=1S/C17H22N4/c1-4-7-15-19-16(18-3)12(2)17(20-15)21-10-13-8-5-6-9-14(13)11-21/h5-6,8-9H,4,7,10-11H2,1-3H3,(H,18,19,20). The molecule has 1 aliphatic rings. The van der Waals surface area contributed by atoms with Crippen LogP contribution in [0.1, 0.15) is 35.9 Å². The first-order chi connectivity index (χ1) is 10.2. The quantitative estimate of drug-likeness (QED) is 0.934. The van der Waals surface area contributed by atoms with Crippen molar-refractivity contribution >= 4 is 11.6 Å². The number of benzene rings is 1. The van der Waals surface area contributed by atoms with Crippen LogP contribution in [-0.2, 0) is 19.5 Å². The van der Waals surface area contributed by atoms with Gasteiger partial charge in [0.05, 0.1) is 0 Å². The maximum absolute atomic E-state index is 4.81. The Hall–Kier alpha value is -2.10. The lowest BCUT2D eigenvalue weighted by Crippen LogP contribution is -2.19. The van der Waals surface area contributed by atoms with Gasteiger partial charge in [0, 0.05) is 32.1 Å². The summed E-state index contributed by atoms with van der Waals surface area (Å²) in [5, 5.41) is 3.20. The molecule has 4 heteroatoms. The molecule has 0 fully saturated rings. The van der Waals surface area contributed by atoms with Crippen molar-refractivity contribution in [1.82, 2.24) is 9.97 Å². The van der Waals surface area contributed by atoms with Gasteiger partial charge in [-0.15, -0.1) is 0 Å². The normalized spacial score (nSPS) is 13.4. The zero-order valence-corrected chi connectivity index (χ0v) is 13.0. The number of aryl methyl sites for hydroxylation is 1. The molecule has 3 rings (SSSR count). The average Bonchev–Trinajstić information content (AvgIpc) is 2.92. The third-order valence-corrected chi connectivity index (χ3v) is 4.02. The second-order valence-corrected chi connectivity index (χ2v) is 5.56. The van der Waals surface area contributed by atoms with E-state index in [2.05, 4.69) is 53.3 Å². The van der Waals surface area contributed by atoms with Crippen molar-refractivity contribution in [2.75, 3.05) is 17.3 Å². The van der Waals surface area contributed by atoms with Gasteiger partial charge in [-0.2, -0.15) is 0 Å². The van der Waals surface area contributed by atoms with Gasteiger partial charge in [0.25, 0.3) is 0 Å². The molecule has 0 spiro atoms. The molecule has 21 heavy (non-hydrogen) atoms. The summed E-state index contributed by atoms with van der Waals surface area (Å²) in [4.78, 5) is 11.8. The third kappa shape index (κ3) is 2.58. The van der Waals surface area contributed by atoms with Crippen molar-refractivity contribution in [3.63, 3.8) is 0 Å². The SMILES string of the molecule is CCCc1nc(NC)c(C)c(N2Cc3ccccc3C2)n1. The fourth-order valence-electron chi connectivity index (χ4n) is 2.92. The minimum Gasteiger partial charge on any atom is -0.373 e. The highest BCUT2D eigenvalue weighted by Gasteiger charge is 2.23. The van der Waals surface area contributed by atoms with E-state index >= 15 is 0 Å². The smallest absolute Gasteiger partial charge is 0.137 e. The van der Waals surface area contributed by atoms with E-state index in [4.69, 9.17) is 4.98 Å². The molecule has 4 nitrogen and oxygen atoms in total. The molecule has 0 bridgehead atoms. The first kappa shape index (κ1) is 13.9. The lowest BCUT2D eigenvalue weighted by molar-refractivity contribution is 0.793. The van der Waals surface area contributed by atoms with Crippen LogP contribution in [-0.4, -0.2) is 17.0 Å². The molecule has 0 aliphatic carbocycles. The van der Waals surface area contributed by atoms with E-state index in [0.29, 0.717) is 0 Å². The summed E-state index contributed by atoms with van der Waals surface area (Å²) in [6.07, 6.45) is 1.98. The first-order valence-corrected chi connectivity index (χ1v) is 7.60. The second-order valence-electron chi connectivity index (χ2n) is 5.56. The second kappa shape index (κ2) is 5.72. The van der Waals surface area contributed by atoms with Crippen molar-refractivity contribution in [3.05, 3.63) is 46.8 Å². The van der Waals surface area contributed by atoms with Gasteiger partial charge < -0.3 is 10.2 Å². The molecule has 0 amide bonds. The van der Waals surface area contributed by atoms with Crippen LogP contribution in [0.25, 0.3) is 0 Å². The van der Waals surface area contributed by atoms with Crippen LogP contribution in [0.5, 0.6) is 0 Å². The van der Waals surface area contributed by atoms with Gasteiger partial charge in [-0.25, -0.2) is 9.97 Å². The summed E-state index contributed by atoms with van der Waals surface area (Å²) in [6.45, 7) is 6.12. The largest absolute Gasteiger partial charge is 0.373 e. The number of nitrogens with one attached hydrogen (secondary N) is 1. The Morgan fingerprint density at radius 3 is 2.38 bits per heavy atom. The lowest BCUT2D eigenvalue weighted by atomic mass is 10.1. The van der Waals surface area contributed by atoms with E-state index in [1.54, 1.807) is 0 Å². The third-order valence-electron chi connectivity index (χ3n) is 4.02. The Balaban J connectivity index is 1.97. The van der Waals surface area contributed by atoms with Gasteiger partial charge in [0.2, 0.25) is 0 Å². The predicted molar refractivity (Wildman–Crippen MR) is 86.6 cm³/mol. The van der Waals surface area contributed by atoms with Crippen LogP contribution in [0, 0.1) is 6.92 Å². The average molecular weight is 282 g/mol. The molecule has 2 heterocycles. The summed E-state index contributed by atoms with van der Waals surface area (Å²) in [5.74, 6) is 2.94. The molecular formula is C17H22N4. The zero-order chi connectivity index (χ0) is 14.8. The Kier molecular flexibility index (Phi) is 3.78. The highest BCUT2D eigenvalue weighted by Crippen LogP contribution is 2.31. The Bertz CT molecular complexity index is 626. The maximum Gasteiger partial charge on any atom is 0.137 e. The molecule has 0 atom stereocenters. The van der Waals surface area contributed by atoms with Crippen LogP contribution >= 0.6 is 0 Å². The van der Waals surface area contributed by atoms with E-state index < -0.39 is 0 Å². The lowest BCUT2D eigenvalue weighted by Gasteiger charge is -2.21. The molecule has 0 saturated carbocycles. The number of fused-ring (bicyclic) bond motifs is 1. The van der Waals surface area contributed by atoms with Crippen LogP contribution in [0.4, 0.5) is 11.6 Å². The maximum atomic E-state index is 4.81.